The monoisotopic (exact) mass is 317 g/mol. The zero-order chi connectivity index (χ0) is 16.1. The Balaban J connectivity index is 2.06. The largest absolute Gasteiger partial charge is 0.478 e. The predicted molar refractivity (Wildman–Crippen MR) is 87.1 cm³/mol. The summed E-state index contributed by atoms with van der Waals surface area (Å²) >= 11 is 1.64. The van der Waals surface area contributed by atoms with E-state index >= 15 is 0 Å². The number of carbonyl (C=O) groups is 2. The van der Waals surface area contributed by atoms with Gasteiger partial charge in [0.15, 0.2) is 0 Å². The number of rotatable bonds is 6. The zero-order valence-electron chi connectivity index (χ0n) is 12.7. The summed E-state index contributed by atoms with van der Waals surface area (Å²) in [5.41, 5.74) is 1.06. The van der Waals surface area contributed by atoms with Crippen molar-refractivity contribution in [3.05, 3.63) is 57.8 Å². The van der Waals surface area contributed by atoms with Crippen molar-refractivity contribution in [2.45, 2.75) is 32.9 Å². The number of carbonyl (C=O) groups excluding carboxylic acids is 1. The topological polar surface area (TPSA) is 57.6 Å². The van der Waals surface area contributed by atoms with E-state index in [0.29, 0.717) is 6.54 Å². The number of nitrogens with zero attached hydrogens (tertiary/aromatic N) is 1. The lowest BCUT2D eigenvalue weighted by Crippen LogP contribution is -2.37. The Kier molecular flexibility index (Phi) is 5.33. The molecule has 1 aromatic carbocycles. The van der Waals surface area contributed by atoms with E-state index in [1.807, 2.05) is 36.3 Å². The fraction of sp³-hybridized carbons (Fsp3) is 0.294. The third-order valence-electron chi connectivity index (χ3n) is 3.41. The van der Waals surface area contributed by atoms with Crippen molar-refractivity contribution >= 4 is 23.2 Å². The Morgan fingerprint density at radius 3 is 2.36 bits per heavy atom. The average Bonchev–Trinajstić information content (AvgIpc) is 2.98. The molecule has 0 unspecified atom stereocenters. The smallest absolute Gasteiger partial charge is 0.335 e. The summed E-state index contributed by atoms with van der Waals surface area (Å²) < 4.78 is 0. The summed E-state index contributed by atoms with van der Waals surface area (Å²) in [4.78, 5) is 26.3. The first kappa shape index (κ1) is 16.2. The molecule has 0 fully saturated rings. The van der Waals surface area contributed by atoms with Gasteiger partial charge in [0, 0.05) is 10.9 Å². The maximum absolute atomic E-state index is 12.5. The van der Waals surface area contributed by atoms with Crippen molar-refractivity contribution in [2.75, 3.05) is 0 Å². The minimum absolute atomic E-state index is 0.0477. The molecule has 0 aliphatic rings. The van der Waals surface area contributed by atoms with Crippen LogP contribution in [0.4, 0.5) is 0 Å². The van der Waals surface area contributed by atoms with Crippen LogP contribution in [0.2, 0.25) is 0 Å². The van der Waals surface area contributed by atoms with Gasteiger partial charge in [0.2, 0.25) is 5.91 Å². The molecule has 0 saturated heterocycles. The predicted octanol–water partition coefficient (Wildman–Crippen LogP) is 3.43. The third-order valence-corrected chi connectivity index (χ3v) is 4.27. The molecule has 0 spiro atoms. The normalized spacial score (nSPS) is 10.7. The zero-order valence-corrected chi connectivity index (χ0v) is 13.5. The molecule has 4 nitrogen and oxygen atoms in total. The number of hydrogen-bond donors (Lipinski definition) is 1. The van der Waals surface area contributed by atoms with E-state index in [0.717, 1.165) is 10.4 Å². The first-order chi connectivity index (χ1) is 10.5. The summed E-state index contributed by atoms with van der Waals surface area (Å²) in [5.74, 6) is -0.911. The average molecular weight is 317 g/mol. The highest BCUT2D eigenvalue weighted by atomic mass is 32.1. The van der Waals surface area contributed by atoms with Gasteiger partial charge in [0.1, 0.15) is 0 Å². The standard InChI is InChI=1S/C17H19NO3S/c1-12(2)18(11-15-4-3-9-22-15)16(19)10-13-5-7-14(8-6-13)17(20)21/h3-9,12H,10-11H2,1-2H3,(H,20,21). The first-order valence-electron chi connectivity index (χ1n) is 7.11. The summed E-state index contributed by atoms with van der Waals surface area (Å²) in [6, 6.07) is 10.6. The molecule has 0 saturated carbocycles. The van der Waals surface area contributed by atoms with E-state index in [1.165, 1.54) is 12.1 Å². The molecule has 1 aromatic heterocycles. The van der Waals surface area contributed by atoms with Crippen LogP contribution in [0.15, 0.2) is 41.8 Å². The Hall–Kier alpha value is -2.14. The molecular formula is C17H19NO3S. The van der Waals surface area contributed by atoms with Crippen LogP contribution in [0.25, 0.3) is 0 Å². The van der Waals surface area contributed by atoms with Crippen LogP contribution in [0, 0.1) is 0 Å². The second-order valence-electron chi connectivity index (χ2n) is 5.37. The minimum Gasteiger partial charge on any atom is -0.478 e. The summed E-state index contributed by atoms with van der Waals surface area (Å²) in [6.07, 6.45) is 0.281. The number of carboxylic acids is 1. The van der Waals surface area contributed by atoms with Gasteiger partial charge in [-0.15, -0.1) is 11.3 Å². The molecule has 0 aliphatic carbocycles. The Morgan fingerprint density at radius 1 is 1.18 bits per heavy atom. The maximum Gasteiger partial charge on any atom is 0.335 e. The van der Waals surface area contributed by atoms with E-state index in [2.05, 4.69) is 0 Å². The van der Waals surface area contributed by atoms with Crippen LogP contribution >= 0.6 is 11.3 Å². The van der Waals surface area contributed by atoms with Crippen molar-refractivity contribution in [1.29, 1.82) is 0 Å². The lowest BCUT2D eigenvalue weighted by molar-refractivity contribution is -0.132. The molecule has 0 aliphatic heterocycles. The van der Waals surface area contributed by atoms with Crippen LogP contribution in [0.3, 0.4) is 0 Å². The highest BCUT2D eigenvalue weighted by Gasteiger charge is 2.18. The van der Waals surface area contributed by atoms with Gasteiger partial charge >= 0.3 is 5.97 Å². The van der Waals surface area contributed by atoms with E-state index in [4.69, 9.17) is 5.11 Å². The van der Waals surface area contributed by atoms with Gasteiger partial charge in [-0.1, -0.05) is 18.2 Å². The second kappa shape index (κ2) is 7.22. The van der Waals surface area contributed by atoms with Gasteiger partial charge in [-0.2, -0.15) is 0 Å². The van der Waals surface area contributed by atoms with Gasteiger partial charge < -0.3 is 10.0 Å². The van der Waals surface area contributed by atoms with E-state index in [9.17, 15) is 9.59 Å². The molecule has 2 rings (SSSR count). The fourth-order valence-corrected chi connectivity index (χ4v) is 2.87. The van der Waals surface area contributed by atoms with Crippen molar-refractivity contribution in [3.63, 3.8) is 0 Å². The second-order valence-corrected chi connectivity index (χ2v) is 6.41. The SMILES string of the molecule is CC(C)N(Cc1cccs1)C(=O)Cc1ccc(C(=O)O)cc1. The molecular weight excluding hydrogens is 298 g/mol. The Morgan fingerprint density at radius 2 is 1.86 bits per heavy atom. The molecule has 1 N–H and O–H groups in total. The third kappa shape index (κ3) is 4.18. The van der Waals surface area contributed by atoms with E-state index < -0.39 is 5.97 Å². The van der Waals surface area contributed by atoms with Crippen LogP contribution < -0.4 is 0 Å². The van der Waals surface area contributed by atoms with Crippen molar-refractivity contribution < 1.29 is 14.7 Å². The minimum atomic E-state index is -0.959. The highest BCUT2D eigenvalue weighted by Crippen LogP contribution is 2.16. The molecule has 1 amide bonds. The maximum atomic E-state index is 12.5. The molecule has 0 atom stereocenters. The number of amides is 1. The lowest BCUT2D eigenvalue weighted by atomic mass is 10.1. The molecule has 5 heteroatoms. The number of hydrogen-bond acceptors (Lipinski definition) is 3. The molecule has 2 aromatic rings. The lowest BCUT2D eigenvalue weighted by Gasteiger charge is -2.26. The quantitative estimate of drug-likeness (QED) is 0.888. The summed E-state index contributed by atoms with van der Waals surface area (Å²) in [5, 5.41) is 10.9. The van der Waals surface area contributed by atoms with Crippen molar-refractivity contribution in [1.82, 2.24) is 4.90 Å². The van der Waals surface area contributed by atoms with Gasteiger partial charge in [-0.25, -0.2) is 4.79 Å². The molecule has 116 valence electrons. The highest BCUT2D eigenvalue weighted by molar-refractivity contribution is 7.09. The van der Waals surface area contributed by atoms with E-state index in [-0.39, 0.29) is 23.9 Å². The Labute approximate surface area is 134 Å². The summed E-state index contributed by atoms with van der Waals surface area (Å²) in [6.45, 7) is 4.61. The molecule has 0 radical (unpaired) electrons. The van der Waals surface area contributed by atoms with Crippen LogP contribution in [-0.4, -0.2) is 27.9 Å². The Bertz CT molecular complexity index is 632. The molecule has 0 bridgehead atoms. The van der Waals surface area contributed by atoms with Gasteiger partial charge in [-0.3, -0.25) is 4.79 Å². The van der Waals surface area contributed by atoms with E-state index in [1.54, 1.807) is 23.5 Å². The van der Waals surface area contributed by atoms with Crippen LogP contribution in [-0.2, 0) is 17.8 Å². The van der Waals surface area contributed by atoms with Gasteiger partial charge in [0.05, 0.1) is 18.5 Å². The molecule has 22 heavy (non-hydrogen) atoms. The fourth-order valence-electron chi connectivity index (χ4n) is 2.17. The summed E-state index contributed by atoms with van der Waals surface area (Å²) in [7, 11) is 0. The number of aromatic carboxylic acids is 1. The number of benzene rings is 1. The number of thiophene rings is 1. The van der Waals surface area contributed by atoms with Gasteiger partial charge in [0.25, 0.3) is 0 Å². The number of carboxylic acid groups (broad SMARTS) is 1. The van der Waals surface area contributed by atoms with Gasteiger partial charge in [-0.05, 0) is 43.0 Å². The van der Waals surface area contributed by atoms with Crippen LogP contribution in [0.5, 0.6) is 0 Å². The molecule has 1 heterocycles. The first-order valence-corrected chi connectivity index (χ1v) is 7.99. The van der Waals surface area contributed by atoms with Crippen molar-refractivity contribution in [3.8, 4) is 0 Å². The van der Waals surface area contributed by atoms with Crippen molar-refractivity contribution in [2.24, 2.45) is 0 Å². The van der Waals surface area contributed by atoms with Crippen LogP contribution in [0.1, 0.15) is 34.6 Å².